The zero-order valence-corrected chi connectivity index (χ0v) is 17.4. The summed E-state index contributed by atoms with van der Waals surface area (Å²) in [7, 11) is 3.98. The molecule has 0 spiro atoms. The van der Waals surface area contributed by atoms with Gasteiger partial charge in [0.15, 0.2) is 0 Å². The van der Waals surface area contributed by atoms with E-state index in [0.717, 1.165) is 49.3 Å². The minimum absolute atomic E-state index is 0.0288. The molecule has 2 aromatic carbocycles. The molecule has 8 nitrogen and oxygen atoms in total. The van der Waals surface area contributed by atoms with Crippen LogP contribution in [0.1, 0.15) is 24.0 Å². The number of amides is 1. The lowest BCUT2D eigenvalue weighted by molar-refractivity contribution is -0.919. The molecule has 0 aromatic heterocycles. The van der Waals surface area contributed by atoms with Gasteiger partial charge in [-0.1, -0.05) is 12.1 Å². The molecule has 1 heterocycles. The number of quaternary nitrogens is 1. The molecule has 2 N–H and O–H groups in total. The van der Waals surface area contributed by atoms with E-state index in [1.165, 1.54) is 4.90 Å². The van der Waals surface area contributed by atoms with Crippen LogP contribution in [0.25, 0.3) is 0 Å². The summed E-state index contributed by atoms with van der Waals surface area (Å²) in [4.78, 5) is 26.2. The van der Waals surface area contributed by atoms with Crippen molar-refractivity contribution in [2.24, 2.45) is 11.0 Å². The van der Waals surface area contributed by atoms with Gasteiger partial charge in [0, 0.05) is 50.3 Å². The zero-order chi connectivity index (χ0) is 21.5. The van der Waals surface area contributed by atoms with Gasteiger partial charge < -0.3 is 9.80 Å². The highest BCUT2D eigenvalue weighted by molar-refractivity contribution is 5.83. The van der Waals surface area contributed by atoms with Gasteiger partial charge in [-0.2, -0.15) is 5.10 Å². The molecule has 3 rings (SSSR count). The van der Waals surface area contributed by atoms with Crippen LogP contribution in [-0.2, 0) is 11.3 Å². The number of carbonyl (C=O) groups is 1. The molecule has 0 unspecified atom stereocenters. The van der Waals surface area contributed by atoms with E-state index in [1.807, 2.05) is 55.4 Å². The number of anilines is 1. The van der Waals surface area contributed by atoms with Gasteiger partial charge in [-0.15, -0.1) is 0 Å². The van der Waals surface area contributed by atoms with Crippen LogP contribution in [0.4, 0.5) is 11.4 Å². The Balaban J connectivity index is 1.43. The molecule has 0 radical (unpaired) electrons. The first-order valence-electron chi connectivity index (χ1n) is 10.1. The molecule has 0 saturated carbocycles. The topological polar surface area (TPSA) is 92.3 Å². The molecule has 2 aromatic rings. The van der Waals surface area contributed by atoms with E-state index < -0.39 is 0 Å². The first kappa shape index (κ1) is 21.4. The number of hydrogen-bond donors (Lipinski definition) is 2. The zero-order valence-electron chi connectivity index (χ0n) is 17.4. The molecule has 158 valence electrons. The molecule has 0 bridgehead atoms. The Hall–Kier alpha value is -3.26. The lowest BCUT2D eigenvalue weighted by atomic mass is 9.96. The maximum atomic E-state index is 12.4. The van der Waals surface area contributed by atoms with Gasteiger partial charge in [0.1, 0.15) is 6.54 Å². The van der Waals surface area contributed by atoms with Crippen molar-refractivity contribution < 1.29 is 14.6 Å². The average Bonchev–Trinajstić information content (AvgIpc) is 2.75. The molecule has 0 aliphatic carbocycles. The third kappa shape index (κ3) is 5.87. The normalized spacial score (nSPS) is 18.9. The molecular weight excluding hydrogens is 382 g/mol. The Morgan fingerprint density at radius 2 is 1.80 bits per heavy atom. The first-order chi connectivity index (χ1) is 14.4. The Morgan fingerprint density at radius 1 is 1.17 bits per heavy atom. The third-order valence-corrected chi connectivity index (χ3v) is 5.46. The van der Waals surface area contributed by atoms with E-state index >= 15 is 0 Å². The standard InChI is InChI=1S/C22H27N5O3/c1-25(2)20-7-3-17(4-8-20)15-23-24-22(28)19-11-13-26(14-12-19)16-18-5-9-21(10-6-18)27(29)30/h3-10,15,19H,11-14,16H2,1-2H3,(H,24,28)/p+1/b23-15-. The summed E-state index contributed by atoms with van der Waals surface area (Å²) < 4.78 is 0. The number of piperidine rings is 1. The molecule has 1 amide bonds. The van der Waals surface area contributed by atoms with Crippen LogP contribution in [0.5, 0.6) is 0 Å². The van der Waals surface area contributed by atoms with Gasteiger partial charge in [0.2, 0.25) is 5.91 Å². The van der Waals surface area contributed by atoms with Gasteiger partial charge in [0.05, 0.1) is 30.1 Å². The number of nitro benzene ring substituents is 1. The van der Waals surface area contributed by atoms with Crippen LogP contribution in [0.3, 0.4) is 0 Å². The number of nitro groups is 1. The van der Waals surface area contributed by atoms with Gasteiger partial charge in [-0.25, -0.2) is 5.43 Å². The van der Waals surface area contributed by atoms with Crippen molar-refractivity contribution in [2.45, 2.75) is 19.4 Å². The molecule has 1 aliphatic heterocycles. The summed E-state index contributed by atoms with van der Waals surface area (Å²) in [5, 5.41) is 14.8. The maximum Gasteiger partial charge on any atom is 0.269 e. The summed E-state index contributed by atoms with van der Waals surface area (Å²) in [6.07, 6.45) is 3.27. The van der Waals surface area contributed by atoms with E-state index in [-0.39, 0.29) is 22.4 Å². The molecule has 8 heteroatoms. The number of carbonyl (C=O) groups excluding carboxylic acids is 1. The summed E-state index contributed by atoms with van der Waals surface area (Å²) in [6, 6.07) is 14.6. The Kier molecular flexibility index (Phi) is 7.13. The van der Waals surface area contributed by atoms with Crippen molar-refractivity contribution in [3.63, 3.8) is 0 Å². The maximum absolute atomic E-state index is 12.4. The number of nitrogens with zero attached hydrogens (tertiary/aromatic N) is 3. The molecule has 1 aliphatic rings. The predicted octanol–water partition coefficient (Wildman–Crippen LogP) is 1.61. The lowest BCUT2D eigenvalue weighted by Crippen LogP contribution is -3.11. The number of benzene rings is 2. The minimum Gasteiger partial charge on any atom is -0.378 e. The predicted molar refractivity (Wildman–Crippen MR) is 117 cm³/mol. The van der Waals surface area contributed by atoms with Gasteiger partial charge in [0.25, 0.3) is 5.69 Å². The van der Waals surface area contributed by atoms with E-state index in [4.69, 9.17) is 0 Å². The van der Waals surface area contributed by atoms with E-state index in [2.05, 4.69) is 10.5 Å². The molecule has 30 heavy (non-hydrogen) atoms. The van der Waals surface area contributed by atoms with Crippen molar-refractivity contribution in [1.82, 2.24) is 5.43 Å². The Morgan fingerprint density at radius 3 is 2.37 bits per heavy atom. The molecule has 1 saturated heterocycles. The fourth-order valence-electron chi connectivity index (χ4n) is 3.61. The second-order valence-electron chi connectivity index (χ2n) is 7.84. The molecule has 1 fully saturated rings. The van der Waals surface area contributed by atoms with Crippen molar-refractivity contribution >= 4 is 23.5 Å². The quantitative estimate of drug-likeness (QED) is 0.412. The first-order valence-corrected chi connectivity index (χ1v) is 10.1. The van der Waals surface area contributed by atoms with E-state index in [1.54, 1.807) is 18.3 Å². The molecular formula is C22H28N5O3+. The van der Waals surface area contributed by atoms with Crippen LogP contribution < -0.4 is 15.2 Å². The monoisotopic (exact) mass is 410 g/mol. The lowest BCUT2D eigenvalue weighted by Gasteiger charge is -2.28. The fourth-order valence-corrected chi connectivity index (χ4v) is 3.61. The van der Waals surface area contributed by atoms with Crippen LogP contribution in [0, 0.1) is 16.0 Å². The summed E-state index contributed by atoms with van der Waals surface area (Å²) in [5.41, 5.74) is 5.89. The van der Waals surface area contributed by atoms with E-state index in [9.17, 15) is 14.9 Å². The number of non-ortho nitro benzene ring substituents is 1. The number of likely N-dealkylation sites (tertiary alicyclic amines) is 1. The highest BCUT2D eigenvalue weighted by Gasteiger charge is 2.27. The fraction of sp³-hybridized carbons (Fsp3) is 0.364. The van der Waals surface area contributed by atoms with Crippen LogP contribution in [-0.4, -0.2) is 44.2 Å². The SMILES string of the molecule is CN(C)c1ccc(/C=N\NC(=O)C2CC[NH+](Cc3ccc([N+](=O)[O-])cc3)CC2)cc1. The second kappa shape index (κ2) is 9.98. The summed E-state index contributed by atoms with van der Waals surface area (Å²) >= 11 is 0. The second-order valence-corrected chi connectivity index (χ2v) is 7.84. The highest BCUT2D eigenvalue weighted by Crippen LogP contribution is 2.13. The third-order valence-electron chi connectivity index (χ3n) is 5.46. The van der Waals surface area contributed by atoms with Crippen LogP contribution in [0.15, 0.2) is 53.6 Å². The van der Waals surface area contributed by atoms with Crippen LogP contribution >= 0.6 is 0 Å². The Bertz CT molecular complexity index is 886. The average molecular weight is 410 g/mol. The minimum atomic E-state index is -0.387. The van der Waals surface area contributed by atoms with Gasteiger partial charge in [-0.05, 0) is 29.8 Å². The van der Waals surface area contributed by atoms with Crippen molar-refractivity contribution in [1.29, 1.82) is 0 Å². The smallest absolute Gasteiger partial charge is 0.269 e. The van der Waals surface area contributed by atoms with Crippen molar-refractivity contribution in [3.8, 4) is 0 Å². The van der Waals surface area contributed by atoms with Gasteiger partial charge >= 0.3 is 0 Å². The van der Waals surface area contributed by atoms with Crippen LogP contribution in [0.2, 0.25) is 0 Å². The number of hydrazone groups is 1. The largest absolute Gasteiger partial charge is 0.378 e. The van der Waals surface area contributed by atoms with Gasteiger partial charge in [-0.3, -0.25) is 14.9 Å². The number of nitrogens with one attached hydrogen (secondary N) is 2. The van der Waals surface area contributed by atoms with Crippen molar-refractivity contribution in [3.05, 3.63) is 69.8 Å². The Labute approximate surface area is 176 Å². The highest BCUT2D eigenvalue weighted by atomic mass is 16.6. The van der Waals surface area contributed by atoms with Crippen molar-refractivity contribution in [2.75, 3.05) is 32.1 Å². The number of hydrogen-bond acceptors (Lipinski definition) is 5. The molecule has 0 atom stereocenters. The summed E-state index contributed by atoms with van der Waals surface area (Å²) in [5.74, 6) is -0.0653. The number of rotatable bonds is 7. The van der Waals surface area contributed by atoms with E-state index in [0.29, 0.717) is 0 Å². The summed E-state index contributed by atoms with van der Waals surface area (Å²) in [6.45, 7) is 2.60.